The van der Waals surface area contributed by atoms with Crippen LogP contribution in [0.1, 0.15) is 25.7 Å². The fourth-order valence-corrected chi connectivity index (χ4v) is 2.82. The second kappa shape index (κ2) is 6.05. The highest BCUT2D eigenvalue weighted by Crippen LogP contribution is 2.24. The summed E-state index contributed by atoms with van der Waals surface area (Å²) in [6.45, 7) is 0.809. The zero-order chi connectivity index (χ0) is 12.1. The van der Waals surface area contributed by atoms with Crippen LogP contribution in [0.4, 0.5) is 0 Å². The molecule has 1 fully saturated rings. The molecule has 17 heavy (non-hydrogen) atoms. The van der Waals surface area contributed by atoms with Crippen LogP contribution in [0.2, 0.25) is 0 Å². The highest BCUT2D eigenvalue weighted by atomic mass is 32.2. The first-order valence-electron chi connectivity index (χ1n) is 6.00. The summed E-state index contributed by atoms with van der Waals surface area (Å²) in [6.07, 6.45) is 4.15. The molecule has 1 aliphatic carbocycles. The van der Waals surface area contributed by atoms with Crippen LogP contribution in [0.3, 0.4) is 0 Å². The molecule has 0 saturated heterocycles. The molecule has 0 spiro atoms. The fourth-order valence-electron chi connectivity index (χ4n) is 2.07. The zero-order valence-electron chi connectivity index (χ0n) is 9.70. The van der Waals surface area contributed by atoms with E-state index in [2.05, 4.69) is 15.6 Å². The van der Waals surface area contributed by atoms with E-state index in [0.717, 1.165) is 38.0 Å². The minimum Gasteiger partial charge on any atom is -0.347 e. The molecule has 2 rings (SSSR count). The maximum Gasteiger partial charge on any atom is 0.245 e. The highest BCUT2D eigenvalue weighted by Gasteiger charge is 2.22. The molecular formula is C11H17N3O2S. The molecule has 2 amide bonds. The van der Waals surface area contributed by atoms with Crippen molar-refractivity contribution in [3.05, 3.63) is 0 Å². The maximum atomic E-state index is 11.7. The Labute approximate surface area is 105 Å². The van der Waals surface area contributed by atoms with Crippen molar-refractivity contribution < 1.29 is 9.59 Å². The molecule has 0 aromatic rings. The zero-order valence-corrected chi connectivity index (χ0v) is 10.5. The van der Waals surface area contributed by atoms with E-state index in [1.807, 2.05) is 0 Å². The monoisotopic (exact) mass is 255 g/mol. The van der Waals surface area contributed by atoms with Gasteiger partial charge in [-0.3, -0.25) is 14.6 Å². The number of amides is 2. The van der Waals surface area contributed by atoms with Crippen LogP contribution >= 0.6 is 11.8 Å². The van der Waals surface area contributed by atoms with E-state index in [1.54, 1.807) is 0 Å². The molecule has 0 aromatic heterocycles. The molecule has 0 atom stereocenters. The molecule has 2 N–H and O–H groups in total. The van der Waals surface area contributed by atoms with Gasteiger partial charge in [-0.25, -0.2) is 0 Å². The number of carbonyl (C=O) groups is 2. The number of amidine groups is 1. The predicted octanol–water partition coefficient (Wildman–Crippen LogP) is 0.512. The average molecular weight is 255 g/mol. The molecule has 6 heteroatoms. The lowest BCUT2D eigenvalue weighted by molar-refractivity contribution is -0.128. The molecule has 5 nitrogen and oxygen atoms in total. The third kappa shape index (κ3) is 3.73. The summed E-state index contributed by atoms with van der Waals surface area (Å²) in [4.78, 5) is 27.3. The summed E-state index contributed by atoms with van der Waals surface area (Å²) in [5.41, 5.74) is 0. The van der Waals surface area contributed by atoms with Crippen LogP contribution < -0.4 is 10.6 Å². The van der Waals surface area contributed by atoms with Gasteiger partial charge in [0.05, 0.1) is 13.1 Å². The molecule has 1 heterocycles. The summed E-state index contributed by atoms with van der Waals surface area (Å²) in [7, 11) is 0. The van der Waals surface area contributed by atoms with Gasteiger partial charge in [-0.2, -0.15) is 0 Å². The van der Waals surface area contributed by atoms with E-state index >= 15 is 0 Å². The van der Waals surface area contributed by atoms with Crippen molar-refractivity contribution in [2.24, 2.45) is 10.9 Å². The Morgan fingerprint density at radius 1 is 1.35 bits per heavy atom. The molecule has 0 bridgehead atoms. The van der Waals surface area contributed by atoms with Crippen LogP contribution in [0.5, 0.6) is 0 Å². The highest BCUT2D eigenvalue weighted by molar-refractivity contribution is 8.14. The normalized spacial score (nSPS) is 20.1. The largest absolute Gasteiger partial charge is 0.347 e. The van der Waals surface area contributed by atoms with E-state index in [9.17, 15) is 9.59 Å². The molecule has 1 aliphatic heterocycles. The van der Waals surface area contributed by atoms with Gasteiger partial charge in [0, 0.05) is 11.7 Å². The van der Waals surface area contributed by atoms with Crippen LogP contribution in [0.25, 0.3) is 0 Å². The molecular weight excluding hydrogens is 238 g/mol. The molecule has 1 saturated carbocycles. The first-order valence-corrected chi connectivity index (χ1v) is 6.99. The van der Waals surface area contributed by atoms with Crippen molar-refractivity contribution in [3.63, 3.8) is 0 Å². The van der Waals surface area contributed by atoms with Crippen molar-refractivity contribution in [2.75, 3.05) is 18.8 Å². The minimum absolute atomic E-state index is 0.0127. The molecule has 94 valence electrons. The number of nitrogens with one attached hydrogen (secondary N) is 2. The molecule has 0 aromatic carbocycles. The van der Waals surface area contributed by atoms with Crippen LogP contribution in [0.15, 0.2) is 4.99 Å². The second-order valence-electron chi connectivity index (χ2n) is 4.28. The Bertz CT molecular complexity index is 338. The lowest BCUT2D eigenvalue weighted by Gasteiger charge is -2.10. The SMILES string of the molecule is O=C(CNC(=O)C1CCCC1)NC1=NCCS1. The van der Waals surface area contributed by atoms with Crippen molar-refractivity contribution >= 4 is 28.7 Å². The Balaban J connectivity index is 1.66. The molecule has 0 unspecified atom stereocenters. The van der Waals surface area contributed by atoms with Gasteiger partial charge in [-0.15, -0.1) is 0 Å². The number of hydrogen-bond donors (Lipinski definition) is 2. The van der Waals surface area contributed by atoms with Gasteiger partial charge in [0.25, 0.3) is 0 Å². The van der Waals surface area contributed by atoms with Crippen LogP contribution in [0, 0.1) is 5.92 Å². The van der Waals surface area contributed by atoms with E-state index < -0.39 is 0 Å². The third-order valence-electron chi connectivity index (χ3n) is 2.98. The van der Waals surface area contributed by atoms with Gasteiger partial charge in [0.1, 0.15) is 0 Å². The summed E-state index contributed by atoms with van der Waals surface area (Å²) in [6, 6.07) is 0. The number of carbonyl (C=O) groups excluding carboxylic acids is 2. The Morgan fingerprint density at radius 2 is 2.12 bits per heavy atom. The van der Waals surface area contributed by atoms with Gasteiger partial charge in [0.2, 0.25) is 11.8 Å². The minimum atomic E-state index is -0.190. The number of rotatable bonds is 3. The van der Waals surface area contributed by atoms with Crippen molar-refractivity contribution in [2.45, 2.75) is 25.7 Å². The van der Waals surface area contributed by atoms with Crippen molar-refractivity contribution in [1.29, 1.82) is 0 Å². The Morgan fingerprint density at radius 3 is 2.76 bits per heavy atom. The summed E-state index contributed by atoms with van der Waals surface area (Å²) >= 11 is 1.54. The van der Waals surface area contributed by atoms with Crippen LogP contribution in [-0.4, -0.2) is 35.8 Å². The van der Waals surface area contributed by atoms with Gasteiger partial charge in [0.15, 0.2) is 5.17 Å². The first kappa shape index (κ1) is 12.4. The lowest BCUT2D eigenvalue weighted by atomic mass is 10.1. The van der Waals surface area contributed by atoms with Gasteiger partial charge >= 0.3 is 0 Å². The number of aliphatic imine (C=N–C) groups is 1. The van der Waals surface area contributed by atoms with Gasteiger partial charge < -0.3 is 10.6 Å². The van der Waals surface area contributed by atoms with E-state index in [4.69, 9.17) is 0 Å². The smallest absolute Gasteiger partial charge is 0.245 e. The fraction of sp³-hybridized carbons (Fsp3) is 0.727. The van der Waals surface area contributed by atoms with E-state index in [0.29, 0.717) is 5.17 Å². The topological polar surface area (TPSA) is 70.6 Å². The Kier molecular flexibility index (Phi) is 4.42. The number of thioether (sulfide) groups is 1. The molecule has 0 radical (unpaired) electrons. The van der Waals surface area contributed by atoms with Crippen molar-refractivity contribution in [1.82, 2.24) is 10.6 Å². The Hall–Kier alpha value is -1.04. The lowest BCUT2D eigenvalue weighted by Crippen LogP contribution is -2.40. The predicted molar refractivity (Wildman–Crippen MR) is 67.9 cm³/mol. The number of hydrogen-bond acceptors (Lipinski definition) is 4. The van der Waals surface area contributed by atoms with Gasteiger partial charge in [-0.05, 0) is 12.8 Å². The summed E-state index contributed by atoms with van der Waals surface area (Å²) < 4.78 is 0. The van der Waals surface area contributed by atoms with E-state index in [1.165, 1.54) is 11.8 Å². The standard InChI is InChI=1S/C11H17N3O2S/c15-9(14-11-12-5-6-17-11)7-13-10(16)8-3-1-2-4-8/h8H,1-7H2,(H,13,16)(H,12,14,15). The summed E-state index contributed by atoms with van der Waals surface area (Å²) in [5.74, 6) is 0.855. The first-order chi connectivity index (χ1) is 8.25. The van der Waals surface area contributed by atoms with E-state index in [-0.39, 0.29) is 24.3 Å². The maximum absolute atomic E-state index is 11.7. The second-order valence-corrected chi connectivity index (χ2v) is 5.37. The average Bonchev–Trinajstić information content (AvgIpc) is 2.97. The number of nitrogens with zero attached hydrogens (tertiary/aromatic N) is 1. The van der Waals surface area contributed by atoms with Gasteiger partial charge in [-0.1, -0.05) is 24.6 Å². The quantitative estimate of drug-likeness (QED) is 0.772. The third-order valence-corrected chi connectivity index (χ3v) is 3.87. The summed E-state index contributed by atoms with van der Waals surface area (Å²) in [5, 5.41) is 6.04. The van der Waals surface area contributed by atoms with Crippen LogP contribution in [-0.2, 0) is 9.59 Å². The van der Waals surface area contributed by atoms with Crippen molar-refractivity contribution in [3.8, 4) is 0 Å². The molecule has 2 aliphatic rings.